The number of ether oxygens (including phenoxy) is 3. The molecule has 14 heteroatoms. The summed E-state index contributed by atoms with van der Waals surface area (Å²) in [7, 11) is -6.31. The first-order chi connectivity index (χ1) is 21.4. The summed E-state index contributed by atoms with van der Waals surface area (Å²) in [5, 5.41) is 3.80. The summed E-state index contributed by atoms with van der Waals surface area (Å²) in [4.78, 5) is 10.6. The number of rotatable bonds is 14. The van der Waals surface area contributed by atoms with Crippen molar-refractivity contribution >= 4 is 32.1 Å². The number of methoxy groups -OCH3 is 1. The normalized spacial score (nSPS) is 12.1. The highest BCUT2D eigenvalue weighted by Crippen LogP contribution is 2.37. The molecule has 0 saturated carbocycles. The zero-order valence-corrected chi connectivity index (χ0v) is 26.9. The van der Waals surface area contributed by atoms with Gasteiger partial charge in [-0.2, -0.15) is 18.5 Å². The standard InChI is InChI=1S/C31H35N5O7S2/c1-31(2,3)23-15-17-27(18-16-23)44(37,38)35-29-28(43-25-12-10-11-24(21-25)41-4)30(33-22-32-29)42-20-9-8-19-34-36-45(39,40)26-13-6-5-7-14-26/h5-7,10-19,21-22,36H,8-9,20H2,1-4H3,(H,32,33,35)/b34-19+. The number of hydrogen-bond acceptors (Lipinski definition) is 10. The quantitative estimate of drug-likeness (QED) is 0.102. The molecule has 3 aromatic carbocycles. The van der Waals surface area contributed by atoms with Gasteiger partial charge in [-0.05, 0) is 60.2 Å². The van der Waals surface area contributed by atoms with E-state index in [0.29, 0.717) is 24.3 Å². The van der Waals surface area contributed by atoms with Crippen LogP contribution in [0.3, 0.4) is 0 Å². The molecule has 0 radical (unpaired) electrons. The Morgan fingerprint density at radius 3 is 2.22 bits per heavy atom. The number of nitrogens with zero attached hydrogens (tertiary/aromatic N) is 3. The van der Waals surface area contributed by atoms with E-state index in [9.17, 15) is 16.8 Å². The Morgan fingerprint density at radius 2 is 1.53 bits per heavy atom. The van der Waals surface area contributed by atoms with Crippen molar-refractivity contribution in [2.45, 2.75) is 48.8 Å². The van der Waals surface area contributed by atoms with E-state index in [-0.39, 0.29) is 39.3 Å². The Kier molecular flexibility index (Phi) is 10.6. The van der Waals surface area contributed by atoms with Gasteiger partial charge < -0.3 is 14.2 Å². The lowest BCUT2D eigenvalue weighted by atomic mass is 9.87. The van der Waals surface area contributed by atoms with Gasteiger partial charge >= 0.3 is 0 Å². The predicted molar refractivity (Wildman–Crippen MR) is 171 cm³/mol. The van der Waals surface area contributed by atoms with Crippen LogP contribution >= 0.6 is 0 Å². The number of unbranched alkanes of at least 4 members (excludes halogenated alkanes) is 1. The molecule has 2 N–H and O–H groups in total. The van der Waals surface area contributed by atoms with Crippen LogP contribution in [0.5, 0.6) is 23.1 Å². The summed E-state index contributed by atoms with van der Waals surface area (Å²) in [6, 6.07) is 21.2. The molecule has 0 spiro atoms. The Balaban J connectivity index is 1.49. The first-order valence-corrected chi connectivity index (χ1v) is 16.9. The van der Waals surface area contributed by atoms with E-state index in [1.165, 1.54) is 37.6 Å². The second-order valence-corrected chi connectivity index (χ2v) is 14.1. The van der Waals surface area contributed by atoms with E-state index in [2.05, 4.69) is 24.6 Å². The van der Waals surface area contributed by atoms with Crippen molar-refractivity contribution < 1.29 is 31.0 Å². The molecule has 0 fully saturated rings. The first-order valence-electron chi connectivity index (χ1n) is 13.9. The molecule has 12 nitrogen and oxygen atoms in total. The lowest BCUT2D eigenvalue weighted by molar-refractivity contribution is 0.286. The predicted octanol–water partition coefficient (Wildman–Crippen LogP) is 5.50. The number of anilines is 1. The lowest BCUT2D eigenvalue weighted by Crippen LogP contribution is -2.18. The summed E-state index contributed by atoms with van der Waals surface area (Å²) in [6.07, 6.45) is 3.38. The maximum absolute atomic E-state index is 13.3. The summed E-state index contributed by atoms with van der Waals surface area (Å²) in [5.74, 6) is 0.678. The molecule has 0 amide bonds. The van der Waals surface area contributed by atoms with Crippen LogP contribution in [0.25, 0.3) is 0 Å². The van der Waals surface area contributed by atoms with E-state index in [1.54, 1.807) is 54.6 Å². The van der Waals surface area contributed by atoms with Crippen LogP contribution in [-0.4, -0.2) is 46.7 Å². The maximum atomic E-state index is 13.3. The number of sulfonamides is 2. The average molecular weight is 654 g/mol. The fourth-order valence-electron chi connectivity index (χ4n) is 3.89. The molecule has 4 aromatic rings. The van der Waals surface area contributed by atoms with Gasteiger partial charge in [0.25, 0.3) is 25.9 Å². The zero-order chi connectivity index (χ0) is 32.5. The van der Waals surface area contributed by atoms with Crippen LogP contribution in [0.1, 0.15) is 39.2 Å². The molecule has 0 atom stereocenters. The summed E-state index contributed by atoms with van der Waals surface area (Å²) >= 11 is 0. The van der Waals surface area contributed by atoms with Crippen LogP contribution in [0, 0.1) is 0 Å². The molecule has 238 valence electrons. The molecule has 0 aliphatic heterocycles. The molecule has 1 heterocycles. The van der Waals surface area contributed by atoms with Crippen molar-refractivity contribution in [2.75, 3.05) is 18.4 Å². The van der Waals surface area contributed by atoms with Crippen molar-refractivity contribution in [2.24, 2.45) is 5.10 Å². The Hall–Kier alpha value is -4.69. The Labute approximate surface area is 263 Å². The van der Waals surface area contributed by atoms with Gasteiger partial charge in [0.1, 0.15) is 17.8 Å². The van der Waals surface area contributed by atoms with Crippen molar-refractivity contribution in [3.63, 3.8) is 0 Å². The van der Waals surface area contributed by atoms with E-state index in [1.807, 2.05) is 20.8 Å². The van der Waals surface area contributed by atoms with Crippen molar-refractivity contribution in [1.29, 1.82) is 0 Å². The Morgan fingerprint density at radius 1 is 0.844 bits per heavy atom. The molecule has 0 aliphatic carbocycles. The minimum atomic E-state index is -4.06. The van der Waals surface area contributed by atoms with Crippen LogP contribution in [0.4, 0.5) is 5.82 Å². The monoisotopic (exact) mass is 653 g/mol. The van der Waals surface area contributed by atoms with Gasteiger partial charge in [-0.1, -0.05) is 57.2 Å². The molecule has 0 bridgehead atoms. The summed E-state index contributed by atoms with van der Waals surface area (Å²) in [6.45, 7) is 6.25. The number of nitrogens with one attached hydrogen (secondary N) is 2. The molecular weight excluding hydrogens is 619 g/mol. The molecular formula is C31H35N5O7S2. The minimum Gasteiger partial charge on any atom is -0.497 e. The third kappa shape index (κ3) is 9.16. The fourth-order valence-corrected chi connectivity index (χ4v) is 5.74. The number of aromatic nitrogens is 2. The highest BCUT2D eigenvalue weighted by Gasteiger charge is 2.23. The van der Waals surface area contributed by atoms with Crippen LogP contribution in [-0.2, 0) is 25.5 Å². The molecule has 0 saturated heterocycles. The molecule has 0 aliphatic rings. The highest BCUT2D eigenvalue weighted by molar-refractivity contribution is 7.92. The first kappa shape index (κ1) is 33.2. The molecule has 4 rings (SSSR count). The number of hydrazone groups is 1. The largest absolute Gasteiger partial charge is 0.497 e. The third-order valence-electron chi connectivity index (χ3n) is 6.33. The second-order valence-electron chi connectivity index (χ2n) is 10.7. The molecule has 1 aromatic heterocycles. The number of benzene rings is 3. The highest BCUT2D eigenvalue weighted by atomic mass is 32.2. The SMILES string of the molecule is COc1cccc(Oc2c(NS(=O)(=O)c3ccc(C(C)(C)C)cc3)ncnc2OCCC/C=N/NS(=O)(=O)c2ccccc2)c1. The smallest absolute Gasteiger partial charge is 0.276 e. The van der Waals surface area contributed by atoms with Gasteiger partial charge in [-0.3, -0.25) is 4.72 Å². The summed E-state index contributed by atoms with van der Waals surface area (Å²) < 4.78 is 70.9. The van der Waals surface area contributed by atoms with E-state index in [4.69, 9.17) is 14.2 Å². The fraction of sp³-hybridized carbons (Fsp3) is 0.258. The van der Waals surface area contributed by atoms with Crippen LogP contribution in [0.15, 0.2) is 100 Å². The molecule has 0 unspecified atom stereocenters. The van der Waals surface area contributed by atoms with Crippen molar-refractivity contribution in [1.82, 2.24) is 14.8 Å². The maximum Gasteiger partial charge on any atom is 0.276 e. The van der Waals surface area contributed by atoms with Crippen LogP contribution < -0.4 is 23.8 Å². The lowest BCUT2D eigenvalue weighted by Gasteiger charge is -2.19. The summed E-state index contributed by atoms with van der Waals surface area (Å²) in [5.41, 5.74) is 0.842. The molecule has 45 heavy (non-hydrogen) atoms. The van der Waals surface area contributed by atoms with Gasteiger partial charge in [0.15, 0.2) is 5.82 Å². The third-order valence-corrected chi connectivity index (χ3v) is 8.92. The van der Waals surface area contributed by atoms with Crippen molar-refractivity contribution in [3.8, 4) is 23.1 Å². The van der Waals surface area contributed by atoms with Crippen molar-refractivity contribution in [3.05, 3.63) is 90.8 Å². The van der Waals surface area contributed by atoms with Crippen LogP contribution in [0.2, 0.25) is 0 Å². The van der Waals surface area contributed by atoms with Gasteiger partial charge in [-0.25, -0.2) is 18.2 Å². The minimum absolute atomic E-state index is 0.00433. The topological polar surface area (TPSA) is 158 Å². The number of hydrogen-bond donors (Lipinski definition) is 2. The van der Waals surface area contributed by atoms with Gasteiger partial charge in [-0.15, -0.1) is 0 Å². The zero-order valence-electron chi connectivity index (χ0n) is 25.3. The van der Waals surface area contributed by atoms with E-state index >= 15 is 0 Å². The van der Waals surface area contributed by atoms with E-state index < -0.39 is 20.0 Å². The average Bonchev–Trinajstić information content (AvgIpc) is 3.02. The van der Waals surface area contributed by atoms with Gasteiger partial charge in [0.05, 0.1) is 23.5 Å². The Bertz CT molecular complexity index is 1830. The van der Waals surface area contributed by atoms with Gasteiger partial charge in [0, 0.05) is 12.3 Å². The van der Waals surface area contributed by atoms with E-state index in [0.717, 1.165) is 11.9 Å². The second kappa shape index (κ2) is 14.4. The van der Waals surface area contributed by atoms with Gasteiger partial charge in [0.2, 0.25) is 5.75 Å².